The van der Waals surface area contributed by atoms with Crippen molar-refractivity contribution >= 4 is 28.3 Å². The molecule has 1 amide bonds. The lowest BCUT2D eigenvalue weighted by Crippen LogP contribution is -2.42. The Balaban J connectivity index is 1.84. The molecule has 0 radical (unpaired) electrons. The van der Waals surface area contributed by atoms with Crippen LogP contribution < -0.4 is 9.80 Å². The number of aromatic nitrogens is 3. The van der Waals surface area contributed by atoms with Crippen LogP contribution in [0, 0.1) is 6.92 Å². The van der Waals surface area contributed by atoms with Gasteiger partial charge in [-0.1, -0.05) is 12.1 Å². The van der Waals surface area contributed by atoms with Gasteiger partial charge in [0.25, 0.3) is 5.91 Å². The Morgan fingerprint density at radius 2 is 1.88 bits per heavy atom. The van der Waals surface area contributed by atoms with Gasteiger partial charge in [0.05, 0.1) is 28.5 Å². The number of benzene rings is 1. The molecule has 3 aromatic rings. The van der Waals surface area contributed by atoms with Gasteiger partial charge in [-0.15, -0.1) is 0 Å². The number of hydrogen-bond acceptors (Lipinski definition) is 4. The predicted octanol–water partition coefficient (Wildman–Crippen LogP) is 3.42. The summed E-state index contributed by atoms with van der Waals surface area (Å²) in [6.07, 6.45) is 1.76. The number of pyridine rings is 1. The minimum absolute atomic E-state index is 0.00403. The number of para-hydroxylation sites is 2. The maximum Gasteiger partial charge on any atom is 0.259 e. The third-order valence-corrected chi connectivity index (χ3v) is 4.90. The summed E-state index contributed by atoms with van der Waals surface area (Å²) in [7, 11) is 2.06. The van der Waals surface area contributed by atoms with Crippen LogP contribution in [-0.2, 0) is 0 Å². The van der Waals surface area contributed by atoms with Crippen LogP contribution in [0.15, 0.2) is 36.5 Å². The van der Waals surface area contributed by atoms with Crippen molar-refractivity contribution in [1.82, 2.24) is 14.8 Å². The molecule has 6 nitrogen and oxygen atoms in total. The Bertz CT molecular complexity index is 991. The summed E-state index contributed by atoms with van der Waals surface area (Å²) in [5, 5.41) is 5.27. The van der Waals surface area contributed by atoms with E-state index >= 15 is 0 Å². The molecule has 0 saturated heterocycles. The van der Waals surface area contributed by atoms with Crippen LogP contribution in [0.4, 0.5) is 11.4 Å². The van der Waals surface area contributed by atoms with Crippen molar-refractivity contribution in [2.24, 2.45) is 0 Å². The maximum absolute atomic E-state index is 13.5. The molecule has 3 heterocycles. The lowest BCUT2D eigenvalue weighted by atomic mass is 10.1. The van der Waals surface area contributed by atoms with Gasteiger partial charge in [-0.3, -0.25) is 4.79 Å². The van der Waals surface area contributed by atoms with E-state index in [1.165, 1.54) is 0 Å². The highest BCUT2D eigenvalue weighted by Gasteiger charge is 2.28. The minimum Gasteiger partial charge on any atom is -0.371 e. The van der Waals surface area contributed by atoms with E-state index in [2.05, 4.69) is 41.9 Å². The summed E-state index contributed by atoms with van der Waals surface area (Å²) in [6, 6.07) is 10.1. The van der Waals surface area contributed by atoms with Crippen LogP contribution in [0.25, 0.3) is 11.0 Å². The van der Waals surface area contributed by atoms with Gasteiger partial charge in [-0.25, -0.2) is 9.67 Å². The van der Waals surface area contributed by atoms with Crippen molar-refractivity contribution in [1.29, 1.82) is 0 Å². The quantitative estimate of drug-likeness (QED) is 0.711. The van der Waals surface area contributed by atoms with E-state index in [0.717, 1.165) is 34.6 Å². The fourth-order valence-electron chi connectivity index (χ4n) is 3.56. The summed E-state index contributed by atoms with van der Waals surface area (Å²) >= 11 is 0. The van der Waals surface area contributed by atoms with Gasteiger partial charge in [-0.05, 0) is 39.0 Å². The second kappa shape index (κ2) is 6.12. The third kappa shape index (κ3) is 2.53. The summed E-state index contributed by atoms with van der Waals surface area (Å²) in [6.45, 7) is 7.52. The van der Waals surface area contributed by atoms with Gasteiger partial charge in [0.15, 0.2) is 5.65 Å². The Kier molecular flexibility index (Phi) is 3.90. The zero-order valence-electron chi connectivity index (χ0n) is 15.6. The first-order chi connectivity index (χ1) is 12.5. The molecule has 0 bridgehead atoms. The summed E-state index contributed by atoms with van der Waals surface area (Å²) in [5.74, 6) is 0.00403. The number of nitrogens with zero attached hydrogens (tertiary/aromatic N) is 5. The average Bonchev–Trinajstić information content (AvgIpc) is 3.05. The molecule has 1 aliphatic heterocycles. The molecular weight excluding hydrogens is 326 g/mol. The van der Waals surface area contributed by atoms with E-state index in [4.69, 9.17) is 0 Å². The van der Waals surface area contributed by atoms with E-state index in [-0.39, 0.29) is 11.9 Å². The fourth-order valence-corrected chi connectivity index (χ4v) is 3.56. The molecule has 0 saturated carbocycles. The molecule has 0 fully saturated rings. The Hall–Kier alpha value is -2.89. The van der Waals surface area contributed by atoms with Gasteiger partial charge >= 0.3 is 0 Å². The first kappa shape index (κ1) is 16.6. The first-order valence-electron chi connectivity index (χ1n) is 8.94. The minimum atomic E-state index is 0.00403. The summed E-state index contributed by atoms with van der Waals surface area (Å²) < 4.78 is 1.87. The average molecular weight is 349 g/mol. The molecular formula is C20H23N5O. The van der Waals surface area contributed by atoms with Gasteiger partial charge in [-0.2, -0.15) is 5.10 Å². The SMILES string of the molecule is Cc1cc(C(=O)N2CCN(C)c3ccccc32)c2cnn(C(C)C)c2n1. The smallest absolute Gasteiger partial charge is 0.259 e. The van der Waals surface area contributed by atoms with Gasteiger partial charge in [0.2, 0.25) is 0 Å². The molecule has 26 heavy (non-hydrogen) atoms. The number of likely N-dealkylation sites (N-methyl/N-ethyl adjacent to an activating group) is 1. The van der Waals surface area contributed by atoms with Crippen LogP contribution in [0.2, 0.25) is 0 Å². The Morgan fingerprint density at radius 1 is 1.15 bits per heavy atom. The molecule has 1 aliphatic rings. The van der Waals surface area contributed by atoms with E-state index in [9.17, 15) is 4.79 Å². The molecule has 0 aliphatic carbocycles. The number of aryl methyl sites for hydroxylation is 1. The number of amides is 1. The third-order valence-electron chi connectivity index (χ3n) is 4.90. The monoisotopic (exact) mass is 349 g/mol. The highest BCUT2D eigenvalue weighted by Crippen LogP contribution is 2.33. The topological polar surface area (TPSA) is 54.3 Å². The Morgan fingerprint density at radius 3 is 2.62 bits per heavy atom. The Labute approximate surface area is 153 Å². The second-order valence-electron chi connectivity index (χ2n) is 7.10. The van der Waals surface area contributed by atoms with Gasteiger partial charge < -0.3 is 9.80 Å². The second-order valence-corrected chi connectivity index (χ2v) is 7.10. The summed E-state index contributed by atoms with van der Waals surface area (Å²) in [5.41, 5.74) is 4.28. The van der Waals surface area contributed by atoms with Crippen LogP contribution in [-0.4, -0.2) is 40.8 Å². The lowest BCUT2D eigenvalue weighted by molar-refractivity contribution is 0.0988. The largest absolute Gasteiger partial charge is 0.371 e. The molecule has 0 atom stereocenters. The van der Waals surface area contributed by atoms with Crippen LogP contribution in [0.5, 0.6) is 0 Å². The zero-order chi connectivity index (χ0) is 18.4. The lowest BCUT2D eigenvalue weighted by Gasteiger charge is -2.35. The normalized spacial score (nSPS) is 14.2. The van der Waals surface area contributed by atoms with Gasteiger partial charge in [0.1, 0.15) is 0 Å². The fraction of sp³-hybridized carbons (Fsp3) is 0.350. The van der Waals surface area contributed by atoms with Crippen LogP contribution >= 0.6 is 0 Å². The summed E-state index contributed by atoms with van der Waals surface area (Å²) in [4.78, 5) is 22.1. The van der Waals surface area contributed by atoms with E-state index in [1.807, 2.05) is 40.8 Å². The molecule has 0 unspecified atom stereocenters. The number of carbonyl (C=O) groups excluding carboxylic acids is 1. The van der Waals surface area contributed by atoms with E-state index in [0.29, 0.717) is 12.1 Å². The van der Waals surface area contributed by atoms with Crippen molar-refractivity contribution in [3.63, 3.8) is 0 Å². The molecule has 0 spiro atoms. The predicted molar refractivity (Wildman–Crippen MR) is 104 cm³/mol. The molecule has 2 aromatic heterocycles. The van der Waals surface area contributed by atoms with Crippen molar-refractivity contribution in [2.45, 2.75) is 26.8 Å². The van der Waals surface area contributed by atoms with Crippen LogP contribution in [0.1, 0.15) is 35.9 Å². The number of anilines is 2. The van der Waals surface area contributed by atoms with Crippen LogP contribution in [0.3, 0.4) is 0 Å². The van der Waals surface area contributed by atoms with Crippen molar-refractivity contribution in [3.05, 3.63) is 47.8 Å². The van der Waals surface area contributed by atoms with Crippen molar-refractivity contribution in [3.8, 4) is 0 Å². The molecule has 4 rings (SSSR count). The first-order valence-corrected chi connectivity index (χ1v) is 8.94. The highest BCUT2D eigenvalue weighted by atomic mass is 16.2. The molecule has 1 aromatic carbocycles. The number of carbonyl (C=O) groups is 1. The molecule has 0 N–H and O–H groups in total. The van der Waals surface area contributed by atoms with Gasteiger partial charge in [0, 0.05) is 31.9 Å². The zero-order valence-corrected chi connectivity index (χ0v) is 15.6. The molecule has 6 heteroatoms. The molecule has 134 valence electrons. The standard InChI is InChI=1S/C20H23N5O/c1-13(2)25-19-16(12-21-25)15(11-14(3)22-19)20(26)24-10-9-23(4)17-7-5-6-8-18(17)24/h5-8,11-13H,9-10H2,1-4H3. The number of rotatable bonds is 2. The number of fused-ring (bicyclic) bond motifs is 2. The maximum atomic E-state index is 13.5. The van der Waals surface area contributed by atoms with Crippen molar-refractivity contribution in [2.75, 3.05) is 29.9 Å². The van der Waals surface area contributed by atoms with E-state index < -0.39 is 0 Å². The number of hydrogen-bond donors (Lipinski definition) is 0. The highest BCUT2D eigenvalue weighted by molar-refractivity contribution is 6.14. The van der Waals surface area contributed by atoms with E-state index in [1.54, 1.807) is 6.20 Å². The van der Waals surface area contributed by atoms with Crippen molar-refractivity contribution < 1.29 is 4.79 Å².